The van der Waals surface area contributed by atoms with Crippen LogP contribution in [0.4, 0.5) is 0 Å². The van der Waals surface area contributed by atoms with Crippen molar-refractivity contribution in [2.45, 2.75) is 20.4 Å². The maximum Gasteiger partial charge on any atom is 0.323 e. The van der Waals surface area contributed by atoms with E-state index in [4.69, 9.17) is 0 Å². The highest BCUT2D eigenvalue weighted by molar-refractivity contribution is 5.83. The van der Waals surface area contributed by atoms with Gasteiger partial charge < -0.3 is 9.67 Å². The van der Waals surface area contributed by atoms with Crippen LogP contribution < -0.4 is 0 Å². The number of carboxylic acid groups (broad SMARTS) is 1. The van der Waals surface area contributed by atoms with Gasteiger partial charge in [-0.25, -0.2) is 4.98 Å². The molecule has 4 heteroatoms. The third-order valence-electron chi connectivity index (χ3n) is 3.57. The first-order valence-corrected chi connectivity index (χ1v) is 6.81. The summed E-state index contributed by atoms with van der Waals surface area (Å²) in [7, 11) is 0. The third-order valence-corrected chi connectivity index (χ3v) is 3.57. The van der Waals surface area contributed by atoms with Crippen LogP contribution in [0.1, 0.15) is 11.1 Å². The summed E-state index contributed by atoms with van der Waals surface area (Å²) >= 11 is 0. The second-order valence-corrected chi connectivity index (χ2v) is 5.22. The van der Waals surface area contributed by atoms with Crippen molar-refractivity contribution < 1.29 is 9.90 Å². The summed E-state index contributed by atoms with van der Waals surface area (Å²) < 4.78 is 1.76. The molecule has 1 aromatic heterocycles. The molecule has 0 saturated heterocycles. The van der Waals surface area contributed by atoms with E-state index < -0.39 is 5.97 Å². The van der Waals surface area contributed by atoms with Gasteiger partial charge in [-0.3, -0.25) is 4.79 Å². The van der Waals surface area contributed by atoms with E-state index in [9.17, 15) is 9.90 Å². The number of carbonyl (C=O) groups is 1. The molecule has 0 bridgehead atoms. The molecular formula is C17H16N2O2. The summed E-state index contributed by atoms with van der Waals surface area (Å²) in [4.78, 5) is 15.8. The van der Waals surface area contributed by atoms with Crippen molar-refractivity contribution in [3.8, 4) is 11.4 Å². The van der Waals surface area contributed by atoms with Crippen molar-refractivity contribution in [1.82, 2.24) is 9.55 Å². The molecule has 0 spiro atoms. The number of rotatable bonds is 3. The van der Waals surface area contributed by atoms with Gasteiger partial charge in [0.2, 0.25) is 0 Å². The number of imidazole rings is 1. The Kier molecular flexibility index (Phi) is 3.22. The summed E-state index contributed by atoms with van der Waals surface area (Å²) in [6.45, 7) is 3.97. The molecule has 3 aromatic rings. The van der Waals surface area contributed by atoms with Crippen LogP contribution in [-0.4, -0.2) is 20.6 Å². The summed E-state index contributed by atoms with van der Waals surface area (Å²) in [5.74, 6) is -0.166. The summed E-state index contributed by atoms with van der Waals surface area (Å²) in [5, 5.41) is 9.18. The Balaban J connectivity index is 2.28. The minimum absolute atomic E-state index is 0.0941. The van der Waals surface area contributed by atoms with Gasteiger partial charge in [0.25, 0.3) is 0 Å². The second-order valence-electron chi connectivity index (χ2n) is 5.22. The van der Waals surface area contributed by atoms with Crippen molar-refractivity contribution in [3.63, 3.8) is 0 Å². The molecule has 1 N–H and O–H groups in total. The fourth-order valence-electron chi connectivity index (χ4n) is 2.64. The maximum absolute atomic E-state index is 11.2. The lowest BCUT2D eigenvalue weighted by Crippen LogP contribution is -2.10. The Morgan fingerprint density at radius 2 is 1.95 bits per heavy atom. The molecule has 0 amide bonds. The van der Waals surface area contributed by atoms with Gasteiger partial charge in [0.15, 0.2) is 0 Å². The molecular weight excluding hydrogens is 264 g/mol. The van der Waals surface area contributed by atoms with E-state index in [0.717, 1.165) is 22.2 Å². The fourth-order valence-corrected chi connectivity index (χ4v) is 2.64. The van der Waals surface area contributed by atoms with Gasteiger partial charge in [0.1, 0.15) is 12.4 Å². The SMILES string of the molecule is Cc1ccc(-c2nc3ccccc3n2CC(=O)O)c(C)c1. The number of benzene rings is 2. The van der Waals surface area contributed by atoms with E-state index in [0.29, 0.717) is 5.82 Å². The van der Waals surface area contributed by atoms with Gasteiger partial charge in [-0.2, -0.15) is 0 Å². The zero-order chi connectivity index (χ0) is 15.0. The van der Waals surface area contributed by atoms with E-state index in [1.165, 1.54) is 5.56 Å². The number of fused-ring (bicyclic) bond motifs is 1. The van der Waals surface area contributed by atoms with E-state index in [2.05, 4.69) is 11.1 Å². The fraction of sp³-hybridized carbons (Fsp3) is 0.176. The second kappa shape index (κ2) is 5.05. The first-order chi connectivity index (χ1) is 10.1. The average molecular weight is 280 g/mol. The monoisotopic (exact) mass is 280 g/mol. The topological polar surface area (TPSA) is 55.1 Å². The predicted molar refractivity (Wildman–Crippen MR) is 82.3 cm³/mol. The summed E-state index contributed by atoms with van der Waals surface area (Å²) in [5.41, 5.74) is 4.90. The van der Waals surface area contributed by atoms with E-state index in [-0.39, 0.29) is 6.54 Å². The largest absolute Gasteiger partial charge is 0.480 e. The molecule has 3 rings (SSSR count). The highest BCUT2D eigenvalue weighted by atomic mass is 16.4. The summed E-state index contributed by atoms with van der Waals surface area (Å²) in [6.07, 6.45) is 0. The Bertz CT molecular complexity index is 834. The van der Waals surface area contributed by atoms with Gasteiger partial charge in [-0.15, -0.1) is 0 Å². The molecule has 0 radical (unpaired) electrons. The van der Waals surface area contributed by atoms with Gasteiger partial charge >= 0.3 is 5.97 Å². The normalized spacial score (nSPS) is 11.0. The quantitative estimate of drug-likeness (QED) is 0.800. The number of aromatic nitrogens is 2. The van der Waals surface area contributed by atoms with Crippen molar-refractivity contribution in [1.29, 1.82) is 0 Å². The smallest absolute Gasteiger partial charge is 0.323 e. The van der Waals surface area contributed by atoms with Crippen molar-refractivity contribution in [2.75, 3.05) is 0 Å². The Morgan fingerprint density at radius 1 is 1.19 bits per heavy atom. The minimum atomic E-state index is -0.871. The zero-order valence-corrected chi connectivity index (χ0v) is 12.0. The third kappa shape index (κ3) is 2.40. The number of nitrogens with zero attached hydrogens (tertiary/aromatic N) is 2. The molecule has 2 aromatic carbocycles. The van der Waals surface area contributed by atoms with Crippen LogP contribution in [0.25, 0.3) is 22.4 Å². The molecule has 1 heterocycles. The molecule has 0 atom stereocenters. The van der Waals surface area contributed by atoms with Crippen LogP contribution in [0.2, 0.25) is 0 Å². The molecule has 0 unspecified atom stereocenters. The van der Waals surface area contributed by atoms with Gasteiger partial charge in [0, 0.05) is 5.56 Å². The number of para-hydroxylation sites is 2. The highest BCUT2D eigenvalue weighted by Gasteiger charge is 2.15. The van der Waals surface area contributed by atoms with Crippen LogP contribution in [0.3, 0.4) is 0 Å². The van der Waals surface area contributed by atoms with Gasteiger partial charge in [0.05, 0.1) is 11.0 Å². The number of aryl methyl sites for hydroxylation is 2. The van der Waals surface area contributed by atoms with Crippen molar-refractivity contribution >= 4 is 17.0 Å². The standard InChI is InChI=1S/C17H16N2O2/c1-11-7-8-13(12(2)9-11)17-18-14-5-3-4-6-15(14)19(17)10-16(20)21/h3-9H,10H2,1-2H3,(H,20,21). The Hall–Kier alpha value is -2.62. The predicted octanol–water partition coefficient (Wildman–Crippen LogP) is 3.40. The van der Waals surface area contributed by atoms with E-state index in [1.54, 1.807) is 4.57 Å². The van der Waals surface area contributed by atoms with Crippen molar-refractivity contribution in [2.24, 2.45) is 0 Å². The number of aliphatic carboxylic acids is 1. The summed E-state index contributed by atoms with van der Waals surface area (Å²) in [6, 6.07) is 13.7. The van der Waals surface area contributed by atoms with Gasteiger partial charge in [-0.1, -0.05) is 35.9 Å². The zero-order valence-electron chi connectivity index (χ0n) is 12.0. The Labute approximate surface area is 122 Å². The lowest BCUT2D eigenvalue weighted by molar-refractivity contribution is -0.137. The molecule has 106 valence electrons. The molecule has 4 nitrogen and oxygen atoms in total. The lowest BCUT2D eigenvalue weighted by Gasteiger charge is -2.09. The number of carboxylic acids is 1. The van der Waals surface area contributed by atoms with Crippen LogP contribution in [0.15, 0.2) is 42.5 Å². The number of hydrogen-bond donors (Lipinski definition) is 1. The molecule has 0 aliphatic heterocycles. The lowest BCUT2D eigenvalue weighted by atomic mass is 10.1. The number of hydrogen-bond acceptors (Lipinski definition) is 2. The van der Waals surface area contributed by atoms with E-state index >= 15 is 0 Å². The Morgan fingerprint density at radius 3 is 2.67 bits per heavy atom. The van der Waals surface area contributed by atoms with E-state index in [1.807, 2.05) is 50.2 Å². The molecule has 0 aliphatic rings. The van der Waals surface area contributed by atoms with Crippen LogP contribution in [-0.2, 0) is 11.3 Å². The van der Waals surface area contributed by atoms with Crippen LogP contribution >= 0.6 is 0 Å². The van der Waals surface area contributed by atoms with Crippen LogP contribution in [0.5, 0.6) is 0 Å². The minimum Gasteiger partial charge on any atom is -0.480 e. The van der Waals surface area contributed by atoms with Crippen LogP contribution in [0, 0.1) is 13.8 Å². The molecule has 0 aliphatic carbocycles. The maximum atomic E-state index is 11.2. The first kappa shape index (κ1) is 13.4. The average Bonchev–Trinajstić information content (AvgIpc) is 2.77. The van der Waals surface area contributed by atoms with Crippen molar-refractivity contribution in [3.05, 3.63) is 53.6 Å². The molecule has 0 fully saturated rings. The molecule has 0 saturated carbocycles. The first-order valence-electron chi connectivity index (χ1n) is 6.81. The molecule has 21 heavy (non-hydrogen) atoms. The highest BCUT2D eigenvalue weighted by Crippen LogP contribution is 2.27. The van der Waals surface area contributed by atoms with Gasteiger partial charge in [-0.05, 0) is 31.5 Å².